The predicted octanol–water partition coefficient (Wildman–Crippen LogP) is 5.87. The molecule has 0 N–H and O–H groups in total. The van der Waals surface area contributed by atoms with Crippen LogP contribution >= 0.6 is 19.3 Å². The molecule has 0 radical (unpaired) electrons. The van der Waals surface area contributed by atoms with E-state index in [1.807, 2.05) is 11.3 Å². The van der Waals surface area contributed by atoms with Crippen molar-refractivity contribution in [2.45, 2.75) is 41.5 Å². The third-order valence-electron chi connectivity index (χ3n) is 7.20. The Balaban J connectivity index is 1.72. The molecule has 0 bridgehead atoms. The summed E-state index contributed by atoms with van der Waals surface area (Å²) in [5, 5.41) is 2.80. The van der Waals surface area contributed by atoms with E-state index in [9.17, 15) is 0 Å². The van der Waals surface area contributed by atoms with Crippen LogP contribution in [0.25, 0.3) is 0 Å². The monoisotopic (exact) mass is 516 g/mol. The molecule has 0 saturated carbocycles. The van der Waals surface area contributed by atoms with Crippen LogP contribution in [-0.4, -0.2) is 6.71 Å². The molecule has 4 aromatic carbocycles. The van der Waals surface area contributed by atoms with Gasteiger partial charge in [0.1, 0.15) is 0 Å². The minimum absolute atomic E-state index is 0.225. The van der Waals surface area contributed by atoms with Gasteiger partial charge in [0.2, 0.25) is 0 Å². The first-order valence-electron chi connectivity index (χ1n) is 13.0. The van der Waals surface area contributed by atoms with Gasteiger partial charge in [0.25, 0.3) is 6.71 Å². The van der Waals surface area contributed by atoms with E-state index in [2.05, 4.69) is 139 Å². The number of hydrogen-bond acceptors (Lipinski definition) is 1. The van der Waals surface area contributed by atoms with E-state index in [1.165, 1.54) is 64.3 Å². The van der Waals surface area contributed by atoms with Gasteiger partial charge in [0, 0.05) is 4.62 Å². The lowest BCUT2D eigenvalue weighted by Crippen LogP contribution is -2.55. The van der Waals surface area contributed by atoms with Crippen molar-refractivity contribution in [3.05, 3.63) is 130 Å². The number of rotatable bonds is 6. The maximum absolute atomic E-state index is 2.41. The van der Waals surface area contributed by atoms with Crippen molar-refractivity contribution in [3.63, 3.8) is 0 Å². The molecule has 0 atom stereocenters. The van der Waals surface area contributed by atoms with Crippen molar-refractivity contribution < 1.29 is 0 Å². The van der Waals surface area contributed by atoms with E-state index in [-0.39, 0.29) is 6.71 Å². The molecule has 0 saturated heterocycles. The fourth-order valence-electron chi connectivity index (χ4n) is 5.90. The normalized spacial score (nSPS) is 11.2. The highest BCUT2D eigenvalue weighted by molar-refractivity contribution is 7.84. The van der Waals surface area contributed by atoms with Crippen LogP contribution < -0.4 is 30.9 Å². The highest BCUT2D eigenvalue weighted by Crippen LogP contribution is 2.34. The zero-order valence-corrected chi connectivity index (χ0v) is 24.4. The summed E-state index contributed by atoms with van der Waals surface area (Å²) in [5.41, 5.74) is 11.1. The van der Waals surface area contributed by atoms with Crippen LogP contribution in [0.4, 0.5) is 0 Å². The van der Waals surface area contributed by atoms with E-state index >= 15 is 0 Å². The number of aryl methyl sites for hydroxylation is 6. The second-order valence-electron chi connectivity index (χ2n) is 10.2. The summed E-state index contributed by atoms with van der Waals surface area (Å²) in [6.07, 6.45) is 0. The van der Waals surface area contributed by atoms with Crippen molar-refractivity contribution in [2.75, 3.05) is 0 Å². The van der Waals surface area contributed by atoms with Gasteiger partial charge in [-0.15, -0.1) is 11.3 Å². The fourth-order valence-corrected chi connectivity index (χ4v) is 10.0. The smallest absolute Gasteiger partial charge is 0.149 e. The van der Waals surface area contributed by atoms with Crippen LogP contribution in [0.15, 0.2) is 97.1 Å². The van der Waals surface area contributed by atoms with Gasteiger partial charge in [0.15, 0.2) is 0 Å². The summed E-state index contributed by atoms with van der Waals surface area (Å²) in [7, 11) is -0.610. The first-order valence-corrected chi connectivity index (χ1v) is 15.1. The summed E-state index contributed by atoms with van der Waals surface area (Å²) < 4.78 is 2.89. The standard InChI is InChI=1S/C34H34BPS/c1-23-19-25(3)33(26(4)20-23)35(34-27(5)21-24(2)22-28(34)6)31-17-18-32(37-31)36(29-13-9-7-10-14-29)30-15-11-8-12-16-30/h7-22H,1-6H3. The number of hydrogen-bond donors (Lipinski definition) is 0. The molecule has 37 heavy (non-hydrogen) atoms. The molecule has 3 heteroatoms. The van der Waals surface area contributed by atoms with Gasteiger partial charge < -0.3 is 0 Å². The summed E-state index contributed by atoms with van der Waals surface area (Å²) in [4.78, 5) is 0. The first kappa shape index (κ1) is 25.7. The zero-order chi connectivity index (χ0) is 26.1. The Morgan fingerprint density at radius 2 is 0.919 bits per heavy atom. The van der Waals surface area contributed by atoms with Gasteiger partial charge in [-0.2, -0.15) is 0 Å². The zero-order valence-electron chi connectivity index (χ0n) is 22.7. The molecule has 0 amide bonds. The molecule has 5 rings (SSSR count). The molecule has 0 aliphatic rings. The molecule has 1 heterocycles. The Bertz CT molecular complexity index is 1390. The lowest BCUT2D eigenvalue weighted by molar-refractivity contribution is 1.34. The Kier molecular flexibility index (Phi) is 7.52. The quantitative estimate of drug-likeness (QED) is 0.196. The van der Waals surface area contributed by atoms with Crippen molar-refractivity contribution >= 4 is 56.9 Å². The van der Waals surface area contributed by atoms with Crippen LogP contribution in [0.5, 0.6) is 0 Å². The topological polar surface area (TPSA) is 0 Å². The Labute approximate surface area is 228 Å². The summed E-state index contributed by atoms with van der Waals surface area (Å²) in [6, 6.07) is 36.3. The lowest BCUT2D eigenvalue weighted by Gasteiger charge is -2.23. The second kappa shape index (κ2) is 10.8. The predicted molar refractivity (Wildman–Crippen MR) is 169 cm³/mol. The van der Waals surface area contributed by atoms with Crippen molar-refractivity contribution in [2.24, 2.45) is 0 Å². The Morgan fingerprint density at radius 1 is 0.514 bits per heavy atom. The second-order valence-corrected chi connectivity index (χ2v) is 13.8. The maximum atomic E-state index is 2.41. The molecule has 0 fully saturated rings. The average Bonchev–Trinajstić information content (AvgIpc) is 3.32. The van der Waals surface area contributed by atoms with Crippen molar-refractivity contribution in [1.82, 2.24) is 0 Å². The van der Waals surface area contributed by atoms with E-state index in [0.717, 1.165) is 0 Å². The van der Waals surface area contributed by atoms with Crippen molar-refractivity contribution in [1.29, 1.82) is 0 Å². The summed E-state index contributed by atoms with van der Waals surface area (Å²) in [5.74, 6) is 0. The minimum Gasteiger partial charge on any atom is -0.149 e. The number of benzene rings is 4. The highest BCUT2D eigenvalue weighted by atomic mass is 32.1. The molecular formula is C34H34BPS. The third-order valence-corrected chi connectivity index (χ3v) is 11.2. The summed E-state index contributed by atoms with van der Waals surface area (Å²) >= 11 is 2.00. The van der Waals surface area contributed by atoms with Gasteiger partial charge in [-0.25, -0.2) is 0 Å². The molecule has 1 aromatic heterocycles. The molecule has 0 nitrogen and oxygen atoms in total. The van der Waals surface area contributed by atoms with E-state index in [0.29, 0.717) is 0 Å². The van der Waals surface area contributed by atoms with Gasteiger partial charge in [-0.3, -0.25) is 0 Å². The van der Waals surface area contributed by atoms with Crippen LogP contribution in [0.1, 0.15) is 33.4 Å². The van der Waals surface area contributed by atoms with Crippen LogP contribution in [0, 0.1) is 41.5 Å². The van der Waals surface area contributed by atoms with Gasteiger partial charge in [0.05, 0.1) is 0 Å². The molecule has 0 spiro atoms. The molecule has 5 aromatic rings. The van der Waals surface area contributed by atoms with E-state index < -0.39 is 7.92 Å². The van der Waals surface area contributed by atoms with Crippen LogP contribution in [-0.2, 0) is 0 Å². The molecule has 184 valence electrons. The molecular weight excluding hydrogens is 482 g/mol. The maximum Gasteiger partial charge on any atom is 0.255 e. The minimum atomic E-state index is -0.610. The largest absolute Gasteiger partial charge is 0.255 e. The van der Waals surface area contributed by atoms with Gasteiger partial charge >= 0.3 is 0 Å². The molecule has 0 aliphatic heterocycles. The molecule has 0 unspecified atom stereocenters. The summed E-state index contributed by atoms with van der Waals surface area (Å²) in [6.45, 7) is 13.8. The van der Waals surface area contributed by atoms with Gasteiger partial charge in [-0.05, 0) is 70.9 Å². The van der Waals surface area contributed by atoms with Crippen LogP contribution in [0.3, 0.4) is 0 Å². The van der Waals surface area contributed by atoms with E-state index in [4.69, 9.17) is 0 Å². The van der Waals surface area contributed by atoms with Crippen molar-refractivity contribution in [3.8, 4) is 0 Å². The number of thiophene rings is 1. The Morgan fingerprint density at radius 3 is 1.32 bits per heavy atom. The van der Waals surface area contributed by atoms with E-state index in [1.54, 1.807) is 0 Å². The average molecular weight is 516 g/mol. The lowest BCUT2D eigenvalue weighted by atomic mass is 9.37. The Hall–Kier alpha value is -2.93. The third kappa shape index (κ3) is 5.24. The fraction of sp³-hybridized carbons (Fsp3) is 0.176. The van der Waals surface area contributed by atoms with Crippen LogP contribution in [0.2, 0.25) is 0 Å². The SMILES string of the molecule is Cc1cc(C)c(B(c2ccc(P(c3ccccc3)c3ccccc3)s2)c2c(C)cc(C)cc2C)c(C)c1. The first-order chi connectivity index (χ1) is 17.8. The molecule has 0 aliphatic carbocycles. The highest BCUT2D eigenvalue weighted by Gasteiger charge is 2.31. The van der Waals surface area contributed by atoms with Gasteiger partial charge in [-0.1, -0.05) is 135 Å².